The highest BCUT2D eigenvalue weighted by atomic mass is 35.5. The van der Waals surface area contributed by atoms with Crippen LogP contribution >= 0.6 is 11.6 Å². The molecule has 0 bridgehead atoms. The van der Waals surface area contributed by atoms with Crippen molar-refractivity contribution in [1.82, 2.24) is 0 Å². The monoisotopic (exact) mass is 209 g/mol. The first-order valence-electron chi connectivity index (χ1n) is 4.23. The Morgan fingerprint density at radius 1 is 1.38 bits per heavy atom. The van der Waals surface area contributed by atoms with Crippen molar-refractivity contribution in [3.05, 3.63) is 0 Å². The summed E-state index contributed by atoms with van der Waals surface area (Å²) in [4.78, 5) is 9.99. The Morgan fingerprint density at radius 2 is 1.62 bits per heavy atom. The highest BCUT2D eigenvalue weighted by Crippen LogP contribution is 2.07. The molecule has 3 nitrogen and oxygen atoms in total. The van der Waals surface area contributed by atoms with Crippen molar-refractivity contribution in [2.75, 3.05) is 0 Å². The van der Waals surface area contributed by atoms with Crippen LogP contribution in [0, 0.1) is 5.92 Å². The Morgan fingerprint density at radius 3 is 1.62 bits per heavy atom. The number of nitrogens with two attached hydrogens (primary N) is 1. The molecule has 3 N–H and O–H groups in total. The zero-order chi connectivity index (χ0) is 11.2. The SMILES string of the molecule is CC(C)(C)Cl.CC(C)[C@H](N)C(=O)O. The van der Waals surface area contributed by atoms with E-state index in [2.05, 4.69) is 0 Å². The summed E-state index contributed by atoms with van der Waals surface area (Å²) >= 11 is 5.53. The Labute approximate surface area is 85.3 Å². The van der Waals surface area contributed by atoms with Gasteiger partial charge in [0, 0.05) is 4.87 Å². The maximum Gasteiger partial charge on any atom is 0.320 e. The summed E-state index contributed by atoms with van der Waals surface area (Å²) in [5.41, 5.74) is 5.16. The molecule has 0 heterocycles. The first kappa shape index (κ1) is 15.2. The molecule has 0 unspecified atom stereocenters. The van der Waals surface area contributed by atoms with Gasteiger partial charge in [0.05, 0.1) is 0 Å². The van der Waals surface area contributed by atoms with Crippen LogP contribution in [0.2, 0.25) is 0 Å². The molecule has 4 heteroatoms. The van der Waals surface area contributed by atoms with E-state index in [1.807, 2.05) is 20.8 Å². The zero-order valence-electron chi connectivity index (χ0n) is 8.97. The second-order valence-electron chi connectivity index (χ2n) is 4.17. The van der Waals surface area contributed by atoms with Gasteiger partial charge in [-0.25, -0.2) is 0 Å². The van der Waals surface area contributed by atoms with E-state index >= 15 is 0 Å². The maximum atomic E-state index is 10.0. The second kappa shape index (κ2) is 6.22. The van der Waals surface area contributed by atoms with Crippen LogP contribution in [0.4, 0.5) is 0 Å². The highest BCUT2D eigenvalue weighted by molar-refractivity contribution is 6.23. The van der Waals surface area contributed by atoms with Crippen LogP contribution in [-0.4, -0.2) is 22.0 Å². The molecule has 0 aromatic rings. The summed E-state index contributed by atoms with van der Waals surface area (Å²) in [5, 5.41) is 8.23. The van der Waals surface area contributed by atoms with E-state index in [1.54, 1.807) is 13.8 Å². The molecular formula is C9H20ClNO2. The summed E-state index contributed by atoms with van der Waals surface area (Å²) in [6.45, 7) is 9.41. The van der Waals surface area contributed by atoms with E-state index in [0.29, 0.717) is 0 Å². The Kier molecular flexibility index (Phi) is 7.27. The Bertz CT molecular complexity index is 146. The summed E-state index contributed by atoms with van der Waals surface area (Å²) in [6.07, 6.45) is 0. The lowest BCUT2D eigenvalue weighted by molar-refractivity contribution is -0.139. The predicted molar refractivity (Wildman–Crippen MR) is 56.1 cm³/mol. The summed E-state index contributed by atoms with van der Waals surface area (Å²) in [5.74, 6) is -0.910. The number of hydrogen-bond donors (Lipinski definition) is 2. The molecule has 0 spiro atoms. The minimum Gasteiger partial charge on any atom is -0.480 e. The van der Waals surface area contributed by atoms with E-state index < -0.39 is 12.0 Å². The number of alkyl halides is 1. The molecule has 0 aliphatic heterocycles. The summed E-state index contributed by atoms with van der Waals surface area (Å²) in [6, 6.07) is -0.713. The van der Waals surface area contributed by atoms with E-state index in [-0.39, 0.29) is 10.8 Å². The first-order chi connectivity index (χ1) is 5.55. The second-order valence-corrected chi connectivity index (χ2v) is 5.31. The quantitative estimate of drug-likeness (QED) is 0.685. The van der Waals surface area contributed by atoms with Crippen LogP contribution in [-0.2, 0) is 4.79 Å². The van der Waals surface area contributed by atoms with Crippen LogP contribution in [0.3, 0.4) is 0 Å². The highest BCUT2D eigenvalue weighted by Gasteiger charge is 2.14. The van der Waals surface area contributed by atoms with Crippen LogP contribution in [0.1, 0.15) is 34.6 Å². The molecule has 0 aromatic heterocycles. The topological polar surface area (TPSA) is 63.3 Å². The Balaban J connectivity index is 0. The number of rotatable bonds is 2. The third-order valence-electron chi connectivity index (χ3n) is 1.00. The fourth-order valence-corrected chi connectivity index (χ4v) is 0.285. The molecule has 0 amide bonds. The normalized spacial score (nSPS) is 13.2. The van der Waals surface area contributed by atoms with Gasteiger partial charge in [-0.05, 0) is 26.7 Å². The molecule has 0 aliphatic carbocycles. The maximum absolute atomic E-state index is 10.0. The van der Waals surface area contributed by atoms with E-state index in [9.17, 15) is 4.79 Å². The van der Waals surface area contributed by atoms with Gasteiger partial charge in [-0.1, -0.05) is 13.8 Å². The fourth-order valence-electron chi connectivity index (χ4n) is 0.285. The number of halogens is 1. The molecule has 0 saturated heterocycles. The van der Waals surface area contributed by atoms with Crippen molar-refractivity contribution in [3.8, 4) is 0 Å². The lowest BCUT2D eigenvalue weighted by atomic mass is 10.1. The number of carboxylic acid groups (broad SMARTS) is 1. The summed E-state index contributed by atoms with van der Waals surface area (Å²) < 4.78 is 0. The van der Waals surface area contributed by atoms with Crippen LogP contribution in [0.25, 0.3) is 0 Å². The molecule has 80 valence electrons. The van der Waals surface area contributed by atoms with Crippen molar-refractivity contribution >= 4 is 17.6 Å². The standard InChI is InChI=1S/C5H11NO2.C4H9Cl/c1-3(2)4(6)5(7)8;1-4(2,3)5/h3-4H,6H2,1-2H3,(H,7,8);1-3H3/t4-;/m0./s1. The number of carbonyl (C=O) groups is 1. The largest absolute Gasteiger partial charge is 0.480 e. The van der Waals surface area contributed by atoms with Gasteiger partial charge in [0.2, 0.25) is 0 Å². The molecular weight excluding hydrogens is 190 g/mol. The van der Waals surface area contributed by atoms with Gasteiger partial charge in [0.1, 0.15) is 6.04 Å². The van der Waals surface area contributed by atoms with Gasteiger partial charge < -0.3 is 10.8 Å². The van der Waals surface area contributed by atoms with E-state index in [4.69, 9.17) is 22.4 Å². The average Bonchev–Trinajstić information content (AvgIpc) is 1.81. The lowest BCUT2D eigenvalue weighted by Gasteiger charge is -2.07. The smallest absolute Gasteiger partial charge is 0.320 e. The van der Waals surface area contributed by atoms with Crippen molar-refractivity contribution in [2.24, 2.45) is 11.7 Å². The van der Waals surface area contributed by atoms with Gasteiger partial charge in [0.25, 0.3) is 0 Å². The average molecular weight is 210 g/mol. The number of aliphatic carboxylic acids is 1. The third-order valence-corrected chi connectivity index (χ3v) is 1.00. The molecule has 0 aromatic carbocycles. The third kappa shape index (κ3) is 18.6. The van der Waals surface area contributed by atoms with Crippen molar-refractivity contribution in [3.63, 3.8) is 0 Å². The van der Waals surface area contributed by atoms with Gasteiger partial charge in [-0.3, -0.25) is 4.79 Å². The molecule has 0 radical (unpaired) electrons. The molecule has 0 saturated carbocycles. The van der Waals surface area contributed by atoms with Gasteiger partial charge >= 0.3 is 5.97 Å². The van der Waals surface area contributed by atoms with Crippen LogP contribution < -0.4 is 5.73 Å². The molecule has 13 heavy (non-hydrogen) atoms. The van der Waals surface area contributed by atoms with Gasteiger partial charge in [0.15, 0.2) is 0 Å². The molecule has 0 aliphatic rings. The predicted octanol–water partition coefficient (Wildman–Crippen LogP) is 2.08. The van der Waals surface area contributed by atoms with E-state index in [1.165, 1.54) is 0 Å². The van der Waals surface area contributed by atoms with Gasteiger partial charge in [-0.2, -0.15) is 0 Å². The van der Waals surface area contributed by atoms with Crippen molar-refractivity contribution < 1.29 is 9.90 Å². The minimum absolute atomic E-state index is 0.0208. The minimum atomic E-state index is -0.931. The number of carboxylic acids is 1. The molecule has 0 rings (SSSR count). The zero-order valence-corrected chi connectivity index (χ0v) is 9.72. The van der Waals surface area contributed by atoms with Gasteiger partial charge in [-0.15, -0.1) is 11.6 Å². The fraction of sp³-hybridized carbons (Fsp3) is 0.889. The van der Waals surface area contributed by atoms with Crippen molar-refractivity contribution in [1.29, 1.82) is 0 Å². The van der Waals surface area contributed by atoms with Crippen LogP contribution in [0.5, 0.6) is 0 Å². The van der Waals surface area contributed by atoms with E-state index in [0.717, 1.165) is 0 Å². The summed E-state index contributed by atoms with van der Waals surface area (Å²) in [7, 11) is 0. The number of hydrogen-bond acceptors (Lipinski definition) is 2. The molecule has 0 fully saturated rings. The van der Waals surface area contributed by atoms with Crippen molar-refractivity contribution in [2.45, 2.75) is 45.5 Å². The molecule has 1 atom stereocenters. The lowest BCUT2D eigenvalue weighted by Crippen LogP contribution is -2.34. The Hall–Kier alpha value is -0.280. The van der Waals surface area contributed by atoms with Crippen LogP contribution in [0.15, 0.2) is 0 Å². The first-order valence-corrected chi connectivity index (χ1v) is 4.60.